The van der Waals surface area contributed by atoms with Gasteiger partial charge in [-0.1, -0.05) is 0 Å². The van der Waals surface area contributed by atoms with Crippen LogP contribution < -0.4 is 0 Å². The van der Waals surface area contributed by atoms with E-state index in [9.17, 15) is 13.2 Å². The average molecular weight is 276 g/mol. The normalized spacial score (nSPS) is 10.9. The van der Waals surface area contributed by atoms with E-state index in [0.29, 0.717) is 12.4 Å². The molecule has 0 atom stereocenters. The maximum atomic E-state index is 13.6. The second kappa shape index (κ2) is 4.97. The summed E-state index contributed by atoms with van der Waals surface area (Å²) in [6.07, 6.45) is 0. The van der Waals surface area contributed by atoms with Crippen LogP contribution in [0.5, 0.6) is 0 Å². The molecule has 0 amide bonds. The number of hydrogen-bond acceptors (Lipinski definition) is 2. The molecule has 0 bridgehead atoms. The monoisotopic (exact) mass is 275 g/mol. The first kappa shape index (κ1) is 12.9. The second-order valence-electron chi connectivity index (χ2n) is 3.54. The first-order valence-electron chi connectivity index (χ1n) is 5.22. The number of nitrogens with zero attached hydrogens (tertiary/aromatic N) is 3. The van der Waals surface area contributed by atoms with Gasteiger partial charge in [-0.15, -0.1) is 21.8 Å². The fourth-order valence-corrected chi connectivity index (χ4v) is 1.86. The summed E-state index contributed by atoms with van der Waals surface area (Å²) in [4.78, 5) is 0. The molecule has 2 aromatic rings. The number of halogens is 4. The molecule has 0 fully saturated rings. The third kappa shape index (κ3) is 1.96. The Kier molecular flexibility index (Phi) is 3.56. The third-order valence-electron chi connectivity index (χ3n) is 2.54. The topological polar surface area (TPSA) is 30.7 Å². The van der Waals surface area contributed by atoms with Gasteiger partial charge in [0.2, 0.25) is 0 Å². The van der Waals surface area contributed by atoms with Crippen molar-refractivity contribution in [2.75, 3.05) is 0 Å². The smallest absolute Gasteiger partial charge is 0.195 e. The van der Waals surface area contributed by atoms with Crippen molar-refractivity contribution in [3.05, 3.63) is 35.4 Å². The molecule has 0 radical (unpaired) electrons. The fourth-order valence-electron chi connectivity index (χ4n) is 1.66. The number of alkyl halides is 1. The Morgan fingerprint density at radius 3 is 2.50 bits per heavy atom. The minimum absolute atomic E-state index is 0.103. The lowest BCUT2D eigenvalue weighted by Gasteiger charge is -2.07. The first-order chi connectivity index (χ1) is 8.60. The maximum absolute atomic E-state index is 13.6. The number of rotatable bonds is 3. The lowest BCUT2D eigenvalue weighted by atomic mass is 10.2. The van der Waals surface area contributed by atoms with Gasteiger partial charge in [-0.3, -0.25) is 0 Å². The molecule has 0 aliphatic heterocycles. The summed E-state index contributed by atoms with van der Waals surface area (Å²) in [5.41, 5.74) is -0.139. The van der Waals surface area contributed by atoms with Gasteiger partial charge in [0.1, 0.15) is 5.82 Å². The van der Waals surface area contributed by atoms with Crippen molar-refractivity contribution < 1.29 is 13.2 Å². The Hall–Kier alpha value is -1.56. The summed E-state index contributed by atoms with van der Waals surface area (Å²) in [5.74, 6) is -3.37. The van der Waals surface area contributed by atoms with E-state index < -0.39 is 17.5 Å². The van der Waals surface area contributed by atoms with Gasteiger partial charge in [-0.05, 0) is 19.1 Å². The zero-order chi connectivity index (χ0) is 13.3. The van der Waals surface area contributed by atoms with E-state index >= 15 is 0 Å². The molecule has 0 unspecified atom stereocenters. The van der Waals surface area contributed by atoms with Crippen molar-refractivity contribution in [1.29, 1.82) is 0 Å². The summed E-state index contributed by atoms with van der Waals surface area (Å²) in [6.45, 7) is 2.24. The molecule has 7 heteroatoms. The Balaban J connectivity index is 2.62. The van der Waals surface area contributed by atoms with E-state index in [4.69, 9.17) is 11.6 Å². The van der Waals surface area contributed by atoms with Crippen LogP contribution in [-0.4, -0.2) is 14.8 Å². The number of aromatic nitrogens is 3. The van der Waals surface area contributed by atoms with Crippen LogP contribution in [0.25, 0.3) is 11.4 Å². The van der Waals surface area contributed by atoms with Crippen molar-refractivity contribution in [1.82, 2.24) is 14.8 Å². The highest BCUT2D eigenvalue weighted by atomic mass is 35.5. The van der Waals surface area contributed by atoms with Gasteiger partial charge >= 0.3 is 0 Å². The molecule has 1 heterocycles. The van der Waals surface area contributed by atoms with Gasteiger partial charge in [0.15, 0.2) is 23.3 Å². The van der Waals surface area contributed by atoms with Crippen LogP contribution in [0.4, 0.5) is 13.2 Å². The van der Waals surface area contributed by atoms with E-state index in [1.165, 1.54) is 0 Å². The second-order valence-corrected chi connectivity index (χ2v) is 3.81. The highest BCUT2D eigenvalue weighted by Crippen LogP contribution is 2.25. The van der Waals surface area contributed by atoms with E-state index in [-0.39, 0.29) is 17.3 Å². The van der Waals surface area contributed by atoms with Gasteiger partial charge in [0, 0.05) is 6.54 Å². The minimum Gasteiger partial charge on any atom is -0.310 e. The molecule has 96 valence electrons. The molecule has 18 heavy (non-hydrogen) atoms. The zero-order valence-corrected chi connectivity index (χ0v) is 10.2. The predicted molar refractivity (Wildman–Crippen MR) is 60.6 cm³/mol. The van der Waals surface area contributed by atoms with Gasteiger partial charge in [0.25, 0.3) is 0 Å². The van der Waals surface area contributed by atoms with Crippen LogP contribution in [0.3, 0.4) is 0 Å². The molecular weight excluding hydrogens is 267 g/mol. The Labute approximate surface area is 106 Å². The molecule has 2 rings (SSSR count). The summed E-state index contributed by atoms with van der Waals surface area (Å²) >= 11 is 5.66. The fraction of sp³-hybridized carbons (Fsp3) is 0.273. The first-order valence-corrected chi connectivity index (χ1v) is 5.75. The predicted octanol–water partition coefficient (Wildman–Crippen LogP) is 3.12. The van der Waals surface area contributed by atoms with Crippen LogP contribution in [0, 0.1) is 17.5 Å². The van der Waals surface area contributed by atoms with Crippen LogP contribution in [0.2, 0.25) is 0 Å². The van der Waals surface area contributed by atoms with E-state index in [1.807, 2.05) is 0 Å². The van der Waals surface area contributed by atoms with Crippen LogP contribution in [0.15, 0.2) is 12.1 Å². The van der Waals surface area contributed by atoms with Gasteiger partial charge < -0.3 is 4.57 Å². The van der Waals surface area contributed by atoms with Crippen molar-refractivity contribution in [3.63, 3.8) is 0 Å². The highest BCUT2D eigenvalue weighted by Gasteiger charge is 2.20. The average Bonchev–Trinajstić information content (AvgIpc) is 2.78. The molecule has 0 aliphatic carbocycles. The maximum Gasteiger partial charge on any atom is 0.195 e. The van der Waals surface area contributed by atoms with Gasteiger partial charge in [-0.25, -0.2) is 13.2 Å². The molecule has 0 N–H and O–H groups in total. The quantitative estimate of drug-likeness (QED) is 0.636. The van der Waals surface area contributed by atoms with Crippen LogP contribution >= 0.6 is 11.6 Å². The molecule has 1 aromatic heterocycles. The molecule has 3 nitrogen and oxygen atoms in total. The lowest BCUT2D eigenvalue weighted by molar-refractivity contribution is 0.448. The molecule has 1 aromatic carbocycles. The van der Waals surface area contributed by atoms with E-state index in [1.54, 1.807) is 11.5 Å². The SMILES string of the molecule is CCn1c(CCl)nnc1-c1ccc(F)c(F)c1F. The molecule has 0 saturated heterocycles. The van der Waals surface area contributed by atoms with Crippen molar-refractivity contribution >= 4 is 11.6 Å². The number of hydrogen-bond donors (Lipinski definition) is 0. The van der Waals surface area contributed by atoms with Crippen molar-refractivity contribution in [2.45, 2.75) is 19.3 Å². The molecule has 0 spiro atoms. The van der Waals surface area contributed by atoms with Gasteiger partial charge in [0.05, 0.1) is 11.4 Å². The largest absolute Gasteiger partial charge is 0.310 e. The summed E-state index contributed by atoms with van der Waals surface area (Å²) in [7, 11) is 0. The van der Waals surface area contributed by atoms with Crippen LogP contribution in [-0.2, 0) is 12.4 Å². The molecular formula is C11H9ClF3N3. The van der Waals surface area contributed by atoms with Crippen LogP contribution in [0.1, 0.15) is 12.7 Å². The highest BCUT2D eigenvalue weighted by molar-refractivity contribution is 6.16. The number of benzene rings is 1. The zero-order valence-electron chi connectivity index (χ0n) is 9.42. The minimum atomic E-state index is -1.52. The Bertz CT molecular complexity index is 583. The third-order valence-corrected chi connectivity index (χ3v) is 2.78. The van der Waals surface area contributed by atoms with E-state index in [0.717, 1.165) is 12.1 Å². The summed E-state index contributed by atoms with van der Waals surface area (Å²) < 4.78 is 41.2. The Morgan fingerprint density at radius 1 is 1.17 bits per heavy atom. The summed E-state index contributed by atoms with van der Waals surface area (Å²) in [6, 6.07) is 1.98. The van der Waals surface area contributed by atoms with Crippen molar-refractivity contribution in [3.8, 4) is 11.4 Å². The van der Waals surface area contributed by atoms with Gasteiger partial charge in [-0.2, -0.15) is 0 Å². The molecule has 0 saturated carbocycles. The molecule has 0 aliphatic rings. The Morgan fingerprint density at radius 2 is 1.89 bits per heavy atom. The van der Waals surface area contributed by atoms with Crippen molar-refractivity contribution in [2.24, 2.45) is 0 Å². The lowest BCUT2D eigenvalue weighted by Crippen LogP contribution is -2.04. The van der Waals surface area contributed by atoms with E-state index in [2.05, 4.69) is 10.2 Å². The summed E-state index contributed by atoms with van der Waals surface area (Å²) in [5, 5.41) is 7.53. The standard InChI is InChI=1S/C11H9ClF3N3/c1-2-18-8(5-12)16-17-11(18)6-3-4-7(13)10(15)9(6)14/h3-4H,2,5H2,1H3.